The summed E-state index contributed by atoms with van der Waals surface area (Å²) >= 11 is 0. The number of nitrogens with zero attached hydrogens (tertiary/aromatic N) is 1. The molecule has 1 heterocycles. The molecule has 0 radical (unpaired) electrons. The van der Waals surface area contributed by atoms with Crippen LogP contribution in [0.3, 0.4) is 0 Å². The summed E-state index contributed by atoms with van der Waals surface area (Å²) in [5.74, 6) is 1.29. The van der Waals surface area contributed by atoms with Crippen LogP contribution >= 0.6 is 0 Å². The number of anilines is 1. The first kappa shape index (κ1) is 11.1. The number of aryl methyl sites for hydroxylation is 1. The van der Waals surface area contributed by atoms with Crippen LogP contribution in [0.1, 0.15) is 29.7 Å². The number of fused-ring (bicyclic) bond motifs is 1. The molecule has 2 aromatic rings. The lowest BCUT2D eigenvalue weighted by Gasteiger charge is -2.19. The fourth-order valence-corrected chi connectivity index (χ4v) is 2.43. The van der Waals surface area contributed by atoms with Gasteiger partial charge in [0, 0.05) is 6.07 Å². The highest BCUT2D eigenvalue weighted by molar-refractivity contribution is 5.41. The zero-order valence-corrected chi connectivity index (χ0v) is 10.2. The van der Waals surface area contributed by atoms with Gasteiger partial charge in [-0.3, -0.25) is 0 Å². The van der Waals surface area contributed by atoms with E-state index in [1.807, 2.05) is 6.07 Å². The Balaban J connectivity index is 1.76. The van der Waals surface area contributed by atoms with Crippen LogP contribution in [0.15, 0.2) is 28.8 Å². The molecule has 1 aromatic carbocycles. The largest absolute Gasteiger partial charge is 0.487 e. The highest BCUT2D eigenvalue weighted by Crippen LogP contribution is 2.29. The van der Waals surface area contributed by atoms with Crippen molar-refractivity contribution in [3.63, 3.8) is 0 Å². The minimum absolute atomic E-state index is 0.323. The Kier molecular flexibility index (Phi) is 2.92. The molecule has 0 atom stereocenters. The maximum absolute atomic E-state index is 5.83. The Labute approximate surface area is 106 Å². The Hall–Kier alpha value is -1.97. The van der Waals surface area contributed by atoms with Crippen molar-refractivity contribution < 1.29 is 9.26 Å². The molecular weight excluding hydrogens is 228 g/mol. The lowest BCUT2D eigenvalue weighted by Crippen LogP contribution is -2.06. The van der Waals surface area contributed by atoms with Gasteiger partial charge in [-0.1, -0.05) is 17.3 Å². The third kappa shape index (κ3) is 2.18. The molecule has 0 saturated carbocycles. The SMILES string of the molecule is Nc1cc(COc2cccc3c2CCCC3)no1. The van der Waals surface area contributed by atoms with Crippen LogP contribution in [-0.4, -0.2) is 5.16 Å². The lowest BCUT2D eigenvalue weighted by atomic mass is 9.91. The van der Waals surface area contributed by atoms with Gasteiger partial charge in [-0.2, -0.15) is 0 Å². The monoisotopic (exact) mass is 244 g/mol. The average molecular weight is 244 g/mol. The van der Waals surface area contributed by atoms with Gasteiger partial charge >= 0.3 is 0 Å². The molecule has 0 spiro atoms. The van der Waals surface area contributed by atoms with Gasteiger partial charge in [0.25, 0.3) is 0 Å². The van der Waals surface area contributed by atoms with Crippen molar-refractivity contribution in [1.82, 2.24) is 5.16 Å². The van der Waals surface area contributed by atoms with Crippen molar-refractivity contribution in [2.24, 2.45) is 0 Å². The second-order valence-electron chi connectivity index (χ2n) is 4.61. The third-order valence-corrected chi connectivity index (χ3v) is 3.31. The molecule has 1 aromatic heterocycles. The van der Waals surface area contributed by atoms with Crippen molar-refractivity contribution in [2.45, 2.75) is 32.3 Å². The van der Waals surface area contributed by atoms with Crippen molar-refractivity contribution >= 4 is 5.88 Å². The Bertz CT molecular complexity index is 548. The fourth-order valence-electron chi connectivity index (χ4n) is 2.43. The fraction of sp³-hybridized carbons (Fsp3) is 0.357. The summed E-state index contributed by atoms with van der Waals surface area (Å²) in [6.45, 7) is 0.400. The molecule has 0 fully saturated rings. The quantitative estimate of drug-likeness (QED) is 0.901. The molecule has 0 unspecified atom stereocenters. The molecule has 4 nitrogen and oxygen atoms in total. The lowest BCUT2D eigenvalue weighted by molar-refractivity contribution is 0.286. The van der Waals surface area contributed by atoms with E-state index < -0.39 is 0 Å². The van der Waals surface area contributed by atoms with E-state index in [-0.39, 0.29) is 0 Å². The van der Waals surface area contributed by atoms with E-state index in [1.165, 1.54) is 24.0 Å². The molecule has 3 rings (SSSR count). The number of rotatable bonds is 3. The van der Waals surface area contributed by atoms with Crippen LogP contribution in [0, 0.1) is 0 Å². The van der Waals surface area contributed by atoms with Gasteiger partial charge in [0.1, 0.15) is 18.1 Å². The first-order valence-electron chi connectivity index (χ1n) is 6.27. The molecule has 4 heteroatoms. The smallest absolute Gasteiger partial charge is 0.222 e. The Morgan fingerprint density at radius 2 is 2.17 bits per heavy atom. The van der Waals surface area contributed by atoms with Crippen LogP contribution in [0.2, 0.25) is 0 Å². The highest BCUT2D eigenvalue weighted by atomic mass is 16.5. The first-order chi connectivity index (χ1) is 8.83. The first-order valence-corrected chi connectivity index (χ1v) is 6.27. The van der Waals surface area contributed by atoms with E-state index in [2.05, 4.69) is 17.3 Å². The van der Waals surface area contributed by atoms with Crippen LogP contribution in [0.25, 0.3) is 0 Å². The normalized spacial score (nSPS) is 14.2. The predicted octanol–water partition coefficient (Wildman–Crippen LogP) is 2.71. The molecule has 1 aliphatic rings. The average Bonchev–Trinajstić information content (AvgIpc) is 2.82. The predicted molar refractivity (Wildman–Crippen MR) is 68.3 cm³/mol. The molecule has 1 aliphatic carbocycles. The van der Waals surface area contributed by atoms with Gasteiger partial charge in [0.05, 0.1) is 0 Å². The summed E-state index contributed by atoms with van der Waals surface area (Å²) in [6.07, 6.45) is 4.77. The number of hydrogen-bond acceptors (Lipinski definition) is 4. The third-order valence-electron chi connectivity index (χ3n) is 3.31. The Morgan fingerprint density at radius 1 is 1.28 bits per heavy atom. The van der Waals surface area contributed by atoms with Gasteiger partial charge in [0.2, 0.25) is 5.88 Å². The summed E-state index contributed by atoms with van der Waals surface area (Å²) < 4.78 is 10.6. The molecule has 94 valence electrons. The molecule has 0 bridgehead atoms. The molecule has 0 amide bonds. The number of benzene rings is 1. The summed E-state index contributed by atoms with van der Waals surface area (Å²) in [5, 5.41) is 3.82. The van der Waals surface area contributed by atoms with Gasteiger partial charge in [-0.25, -0.2) is 0 Å². The number of nitrogens with two attached hydrogens (primary N) is 1. The van der Waals surface area contributed by atoms with E-state index >= 15 is 0 Å². The maximum Gasteiger partial charge on any atom is 0.222 e. The number of nitrogen functional groups attached to an aromatic ring is 1. The van der Waals surface area contributed by atoms with Gasteiger partial charge in [-0.15, -0.1) is 0 Å². The number of hydrogen-bond donors (Lipinski definition) is 1. The zero-order valence-electron chi connectivity index (χ0n) is 10.2. The number of ether oxygens (including phenoxy) is 1. The van der Waals surface area contributed by atoms with Crippen molar-refractivity contribution in [2.75, 3.05) is 5.73 Å². The van der Waals surface area contributed by atoms with Crippen LogP contribution in [0.4, 0.5) is 5.88 Å². The molecule has 0 aliphatic heterocycles. The number of aromatic nitrogens is 1. The van der Waals surface area contributed by atoms with E-state index in [0.29, 0.717) is 12.5 Å². The molecular formula is C14H16N2O2. The molecule has 0 saturated heterocycles. The molecule has 2 N–H and O–H groups in total. The molecule has 18 heavy (non-hydrogen) atoms. The van der Waals surface area contributed by atoms with Gasteiger partial charge < -0.3 is 15.0 Å². The van der Waals surface area contributed by atoms with Crippen LogP contribution in [-0.2, 0) is 19.4 Å². The summed E-state index contributed by atoms with van der Waals surface area (Å²) in [4.78, 5) is 0. The van der Waals surface area contributed by atoms with Gasteiger partial charge in [0.15, 0.2) is 0 Å². The van der Waals surface area contributed by atoms with Gasteiger partial charge in [-0.05, 0) is 42.9 Å². The van der Waals surface area contributed by atoms with Crippen molar-refractivity contribution in [3.05, 3.63) is 41.1 Å². The van der Waals surface area contributed by atoms with E-state index in [1.54, 1.807) is 6.07 Å². The summed E-state index contributed by atoms with van der Waals surface area (Å²) in [7, 11) is 0. The topological polar surface area (TPSA) is 61.3 Å². The van der Waals surface area contributed by atoms with Crippen LogP contribution in [0.5, 0.6) is 5.75 Å². The summed E-state index contributed by atoms with van der Waals surface area (Å²) in [5.41, 5.74) is 8.96. The van der Waals surface area contributed by atoms with Crippen molar-refractivity contribution in [3.8, 4) is 5.75 Å². The van der Waals surface area contributed by atoms with E-state index in [4.69, 9.17) is 15.0 Å². The second-order valence-corrected chi connectivity index (χ2v) is 4.61. The minimum Gasteiger partial charge on any atom is -0.487 e. The summed E-state index contributed by atoms with van der Waals surface area (Å²) in [6, 6.07) is 7.95. The van der Waals surface area contributed by atoms with Crippen molar-refractivity contribution in [1.29, 1.82) is 0 Å². The van der Waals surface area contributed by atoms with E-state index in [9.17, 15) is 0 Å². The van der Waals surface area contributed by atoms with Crippen LogP contribution < -0.4 is 10.5 Å². The zero-order chi connectivity index (χ0) is 12.4. The highest BCUT2D eigenvalue weighted by Gasteiger charge is 2.14. The van der Waals surface area contributed by atoms with E-state index in [0.717, 1.165) is 24.3 Å². The Morgan fingerprint density at radius 3 is 3.00 bits per heavy atom. The standard InChI is InChI=1S/C14H16N2O2/c15-14-8-11(16-18-14)9-17-13-7-3-5-10-4-1-2-6-12(10)13/h3,5,7-8H,1-2,4,6,9,15H2. The maximum atomic E-state index is 5.83. The minimum atomic E-state index is 0.323. The second kappa shape index (κ2) is 4.72.